The summed E-state index contributed by atoms with van der Waals surface area (Å²) < 4.78 is 5.79. The fourth-order valence-corrected chi connectivity index (χ4v) is 2.61. The Balaban J connectivity index is 1.82. The Morgan fingerprint density at radius 3 is 2.64 bits per heavy atom. The van der Waals surface area contributed by atoms with Gasteiger partial charge in [0.1, 0.15) is 5.75 Å². The van der Waals surface area contributed by atoms with Gasteiger partial charge in [0, 0.05) is 24.8 Å². The summed E-state index contributed by atoms with van der Waals surface area (Å²) in [5.74, 6) is 0.953. The Bertz CT molecular complexity index is 741. The van der Waals surface area contributed by atoms with Gasteiger partial charge in [-0.3, -0.25) is 4.98 Å². The van der Waals surface area contributed by atoms with E-state index in [-0.39, 0.29) is 0 Å². The minimum atomic E-state index is 0.672. The molecule has 0 atom stereocenters. The van der Waals surface area contributed by atoms with Crippen LogP contribution < -0.4 is 10.1 Å². The maximum Gasteiger partial charge on any atom is 0.124 e. The Labute approximate surface area is 131 Å². The van der Waals surface area contributed by atoms with Gasteiger partial charge >= 0.3 is 0 Å². The summed E-state index contributed by atoms with van der Waals surface area (Å²) in [5, 5.41) is 5.94. The van der Waals surface area contributed by atoms with Crippen molar-refractivity contribution in [1.29, 1.82) is 0 Å². The second-order valence-electron chi connectivity index (χ2n) is 5.12. The minimum Gasteiger partial charge on any atom is -0.494 e. The lowest BCUT2D eigenvalue weighted by Crippen LogP contribution is -2.14. The smallest absolute Gasteiger partial charge is 0.124 e. The number of hydrogen-bond donors (Lipinski definition) is 1. The van der Waals surface area contributed by atoms with Gasteiger partial charge in [0.25, 0.3) is 0 Å². The SMILES string of the molecule is CCOc1ccc2ccccc2c1CNCc1ccccn1. The molecule has 0 radical (unpaired) electrons. The first kappa shape index (κ1) is 14.5. The molecule has 0 aliphatic heterocycles. The van der Waals surface area contributed by atoms with Gasteiger partial charge in [0.2, 0.25) is 0 Å². The fourth-order valence-electron chi connectivity index (χ4n) is 2.61. The zero-order valence-corrected chi connectivity index (χ0v) is 12.8. The summed E-state index contributed by atoms with van der Waals surface area (Å²) in [6, 6.07) is 18.6. The molecule has 0 aliphatic rings. The van der Waals surface area contributed by atoms with Gasteiger partial charge in [-0.2, -0.15) is 0 Å². The summed E-state index contributed by atoms with van der Waals surface area (Å²) >= 11 is 0. The van der Waals surface area contributed by atoms with E-state index in [1.54, 1.807) is 0 Å². The molecule has 1 aromatic heterocycles. The number of fused-ring (bicyclic) bond motifs is 1. The molecule has 1 heterocycles. The highest BCUT2D eigenvalue weighted by Crippen LogP contribution is 2.28. The third-order valence-electron chi connectivity index (χ3n) is 3.63. The Morgan fingerprint density at radius 1 is 0.955 bits per heavy atom. The van der Waals surface area contributed by atoms with Crippen LogP contribution >= 0.6 is 0 Å². The largest absolute Gasteiger partial charge is 0.494 e. The normalized spacial score (nSPS) is 10.8. The van der Waals surface area contributed by atoms with Crippen molar-refractivity contribution in [2.24, 2.45) is 0 Å². The molecule has 0 aliphatic carbocycles. The number of aromatic nitrogens is 1. The van der Waals surface area contributed by atoms with Crippen molar-refractivity contribution >= 4 is 10.8 Å². The predicted octanol–water partition coefficient (Wildman–Crippen LogP) is 3.92. The maximum absolute atomic E-state index is 5.79. The van der Waals surface area contributed by atoms with E-state index in [2.05, 4.69) is 46.7 Å². The molecule has 0 saturated carbocycles. The van der Waals surface area contributed by atoms with Crippen LogP contribution in [0.2, 0.25) is 0 Å². The van der Waals surface area contributed by atoms with Crippen molar-refractivity contribution in [3.63, 3.8) is 0 Å². The van der Waals surface area contributed by atoms with Gasteiger partial charge in [-0.15, -0.1) is 0 Å². The summed E-state index contributed by atoms with van der Waals surface area (Å²) in [7, 11) is 0. The van der Waals surface area contributed by atoms with Crippen LogP contribution in [0, 0.1) is 0 Å². The fraction of sp³-hybridized carbons (Fsp3) is 0.211. The van der Waals surface area contributed by atoms with Crippen molar-refractivity contribution in [3.8, 4) is 5.75 Å². The summed E-state index contributed by atoms with van der Waals surface area (Å²) in [5.41, 5.74) is 2.25. The zero-order chi connectivity index (χ0) is 15.2. The molecule has 3 nitrogen and oxygen atoms in total. The molecule has 2 aromatic carbocycles. The second kappa shape index (κ2) is 7.05. The highest BCUT2D eigenvalue weighted by Gasteiger charge is 2.08. The van der Waals surface area contributed by atoms with Gasteiger partial charge in [0.05, 0.1) is 12.3 Å². The molecule has 1 N–H and O–H groups in total. The number of nitrogens with one attached hydrogen (secondary N) is 1. The van der Waals surface area contributed by atoms with Crippen LogP contribution in [0.3, 0.4) is 0 Å². The molecule has 22 heavy (non-hydrogen) atoms. The molecule has 0 fully saturated rings. The lowest BCUT2D eigenvalue weighted by atomic mass is 10.0. The molecule has 0 unspecified atom stereocenters. The summed E-state index contributed by atoms with van der Waals surface area (Å²) in [6.07, 6.45) is 1.82. The number of benzene rings is 2. The quantitative estimate of drug-likeness (QED) is 0.747. The topological polar surface area (TPSA) is 34.1 Å². The molecular weight excluding hydrogens is 272 g/mol. The molecule has 0 spiro atoms. The van der Waals surface area contributed by atoms with Crippen LogP contribution in [0.15, 0.2) is 60.8 Å². The number of nitrogens with zero attached hydrogens (tertiary/aromatic N) is 1. The maximum atomic E-state index is 5.79. The lowest BCUT2D eigenvalue weighted by Gasteiger charge is -2.14. The van der Waals surface area contributed by atoms with Crippen LogP contribution in [0.4, 0.5) is 0 Å². The van der Waals surface area contributed by atoms with Crippen molar-refractivity contribution in [3.05, 3.63) is 72.1 Å². The first-order valence-electron chi connectivity index (χ1n) is 7.62. The average Bonchev–Trinajstić information content (AvgIpc) is 2.57. The van der Waals surface area contributed by atoms with Gasteiger partial charge in [0.15, 0.2) is 0 Å². The molecular formula is C19H20N2O. The molecule has 0 bridgehead atoms. The first-order valence-corrected chi connectivity index (χ1v) is 7.62. The third-order valence-corrected chi connectivity index (χ3v) is 3.63. The van der Waals surface area contributed by atoms with Crippen LogP contribution in [0.25, 0.3) is 10.8 Å². The van der Waals surface area contributed by atoms with Crippen molar-refractivity contribution in [1.82, 2.24) is 10.3 Å². The number of hydrogen-bond acceptors (Lipinski definition) is 3. The van der Waals surface area contributed by atoms with E-state index in [0.29, 0.717) is 6.61 Å². The highest BCUT2D eigenvalue weighted by atomic mass is 16.5. The molecule has 0 amide bonds. The minimum absolute atomic E-state index is 0.672. The average molecular weight is 292 g/mol. The van der Waals surface area contributed by atoms with Crippen LogP contribution in [-0.2, 0) is 13.1 Å². The van der Waals surface area contributed by atoms with E-state index >= 15 is 0 Å². The van der Waals surface area contributed by atoms with E-state index in [4.69, 9.17) is 4.74 Å². The molecule has 3 heteroatoms. The van der Waals surface area contributed by atoms with Gasteiger partial charge in [-0.25, -0.2) is 0 Å². The number of pyridine rings is 1. The Kier molecular flexibility index (Phi) is 4.66. The summed E-state index contributed by atoms with van der Waals surface area (Å²) in [6.45, 7) is 4.19. The molecule has 3 rings (SSSR count). The highest BCUT2D eigenvalue weighted by molar-refractivity contribution is 5.87. The standard InChI is InChI=1S/C19H20N2O/c1-2-22-19-11-10-15-7-3-4-9-17(15)18(19)14-20-13-16-8-5-6-12-21-16/h3-12,20H,2,13-14H2,1H3. The van der Waals surface area contributed by atoms with E-state index in [1.807, 2.05) is 31.3 Å². The second-order valence-corrected chi connectivity index (χ2v) is 5.12. The Morgan fingerprint density at radius 2 is 1.82 bits per heavy atom. The van der Waals surface area contributed by atoms with Gasteiger partial charge in [-0.1, -0.05) is 36.4 Å². The van der Waals surface area contributed by atoms with E-state index in [9.17, 15) is 0 Å². The van der Waals surface area contributed by atoms with Gasteiger partial charge < -0.3 is 10.1 Å². The monoisotopic (exact) mass is 292 g/mol. The van der Waals surface area contributed by atoms with E-state index in [0.717, 1.165) is 24.5 Å². The van der Waals surface area contributed by atoms with Crippen LogP contribution in [0.5, 0.6) is 5.75 Å². The van der Waals surface area contributed by atoms with E-state index < -0.39 is 0 Å². The third kappa shape index (κ3) is 3.26. The molecule has 3 aromatic rings. The lowest BCUT2D eigenvalue weighted by molar-refractivity contribution is 0.336. The van der Waals surface area contributed by atoms with E-state index in [1.165, 1.54) is 16.3 Å². The molecule has 112 valence electrons. The molecule has 0 saturated heterocycles. The van der Waals surface area contributed by atoms with Gasteiger partial charge in [-0.05, 0) is 35.9 Å². The zero-order valence-electron chi connectivity index (χ0n) is 12.8. The predicted molar refractivity (Wildman–Crippen MR) is 89.9 cm³/mol. The number of rotatable bonds is 6. The van der Waals surface area contributed by atoms with Crippen LogP contribution in [-0.4, -0.2) is 11.6 Å². The van der Waals surface area contributed by atoms with Crippen molar-refractivity contribution in [2.45, 2.75) is 20.0 Å². The van der Waals surface area contributed by atoms with Crippen molar-refractivity contribution < 1.29 is 4.74 Å². The van der Waals surface area contributed by atoms with Crippen LogP contribution in [0.1, 0.15) is 18.2 Å². The Hall–Kier alpha value is -2.39. The van der Waals surface area contributed by atoms with Crippen molar-refractivity contribution in [2.75, 3.05) is 6.61 Å². The first-order chi connectivity index (χ1) is 10.9. The summed E-state index contributed by atoms with van der Waals surface area (Å²) in [4.78, 5) is 4.34. The number of ether oxygens (including phenoxy) is 1.